The molecule has 0 saturated heterocycles. The van der Waals surface area contributed by atoms with Gasteiger partial charge < -0.3 is 15.1 Å². The average Bonchev–Trinajstić information content (AvgIpc) is 3.14. The topological polar surface area (TPSA) is 82.8 Å². The largest absolute Gasteiger partial charge is 0.372 e. The first-order chi connectivity index (χ1) is 15.9. The second kappa shape index (κ2) is 6.51. The van der Waals surface area contributed by atoms with Crippen molar-refractivity contribution in [3.8, 4) is 5.69 Å². The summed E-state index contributed by atoms with van der Waals surface area (Å²) < 4.78 is 1.46. The lowest BCUT2D eigenvalue weighted by Gasteiger charge is -2.38. The molecule has 0 radical (unpaired) electrons. The molecular formula is C27H20N2O4. The van der Waals surface area contributed by atoms with Gasteiger partial charge in [-0.25, -0.2) is 0 Å². The van der Waals surface area contributed by atoms with Crippen molar-refractivity contribution in [3.05, 3.63) is 124 Å². The summed E-state index contributed by atoms with van der Waals surface area (Å²) in [5.74, 6) is -0.694. The number of ketones is 1. The Morgan fingerprint density at radius 2 is 1.33 bits per heavy atom. The molecule has 6 rings (SSSR count). The number of fused-ring (bicyclic) bond motifs is 5. The van der Waals surface area contributed by atoms with Gasteiger partial charge in [0.05, 0.1) is 11.3 Å². The summed E-state index contributed by atoms with van der Waals surface area (Å²) >= 11 is 0. The molecule has 1 aliphatic carbocycles. The quantitative estimate of drug-likeness (QED) is 0.502. The fraction of sp³-hybridized carbons (Fsp3) is 0.111. The molecule has 2 N–H and O–H groups in total. The van der Waals surface area contributed by atoms with Crippen LogP contribution in [-0.2, 0) is 11.3 Å². The van der Waals surface area contributed by atoms with Crippen molar-refractivity contribution in [2.75, 3.05) is 4.90 Å². The number of carbonyl (C=O) groups is 1. The number of aromatic nitrogens is 1. The van der Waals surface area contributed by atoms with Crippen molar-refractivity contribution < 1.29 is 15.0 Å². The zero-order valence-electron chi connectivity index (χ0n) is 17.8. The molecule has 2 unspecified atom stereocenters. The number of para-hydroxylation sites is 2. The molecule has 0 amide bonds. The maximum Gasteiger partial charge on any atom is 0.264 e. The SMILES string of the molecule is Cc1cc2c(c(=O)n1-c1ccccc1)C1(O)C(=O)c3ccccc3C1(O)N2c1ccccc1. The number of anilines is 2. The first-order valence-electron chi connectivity index (χ1n) is 10.7. The van der Waals surface area contributed by atoms with Gasteiger partial charge in [-0.2, -0.15) is 0 Å². The van der Waals surface area contributed by atoms with Crippen molar-refractivity contribution in [1.29, 1.82) is 0 Å². The number of hydrogen-bond donors (Lipinski definition) is 2. The number of nitrogens with zero attached hydrogens (tertiary/aromatic N) is 2. The van der Waals surface area contributed by atoms with Crippen LogP contribution in [0.2, 0.25) is 0 Å². The Bertz CT molecular complexity index is 1500. The third-order valence-corrected chi connectivity index (χ3v) is 6.71. The number of pyridine rings is 1. The third-order valence-electron chi connectivity index (χ3n) is 6.71. The van der Waals surface area contributed by atoms with E-state index in [1.807, 2.05) is 24.3 Å². The summed E-state index contributed by atoms with van der Waals surface area (Å²) in [4.78, 5) is 29.1. The van der Waals surface area contributed by atoms with E-state index in [0.717, 1.165) is 0 Å². The molecule has 6 heteroatoms. The maximum atomic E-state index is 14.0. The molecule has 2 heterocycles. The number of carbonyl (C=O) groups excluding carboxylic acids is 1. The van der Waals surface area contributed by atoms with Crippen LogP contribution >= 0.6 is 0 Å². The molecule has 0 saturated carbocycles. The normalized spacial score (nSPS) is 22.8. The highest BCUT2D eigenvalue weighted by molar-refractivity contribution is 6.12. The fourth-order valence-corrected chi connectivity index (χ4v) is 5.31. The molecule has 2 atom stereocenters. The predicted molar refractivity (Wildman–Crippen MR) is 124 cm³/mol. The van der Waals surface area contributed by atoms with Gasteiger partial charge >= 0.3 is 0 Å². The summed E-state index contributed by atoms with van der Waals surface area (Å²) in [5.41, 5.74) is -2.78. The van der Waals surface area contributed by atoms with E-state index in [4.69, 9.17) is 0 Å². The Morgan fingerprint density at radius 1 is 0.758 bits per heavy atom. The average molecular weight is 436 g/mol. The summed E-state index contributed by atoms with van der Waals surface area (Å²) in [6.07, 6.45) is 0. The lowest BCUT2D eigenvalue weighted by molar-refractivity contribution is -0.113. The van der Waals surface area contributed by atoms with Crippen molar-refractivity contribution in [1.82, 2.24) is 4.57 Å². The maximum absolute atomic E-state index is 14.0. The molecule has 1 aromatic heterocycles. The molecule has 33 heavy (non-hydrogen) atoms. The molecule has 1 aliphatic heterocycles. The van der Waals surface area contributed by atoms with Crippen molar-refractivity contribution >= 4 is 17.2 Å². The molecule has 4 aromatic rings. The highest BCUT2D eigenvalue weighted by Crippen LogP contribution is 2.61. The van der Waals surface area contributed by atoms with Crippen LogP contribution in [0.3, 0.4) is 0 Å². The minimum atomic E-state index is -2.47. The standard InChI is InChI=1S/C27H20N2O4/c1-17-16-22-23(25(31)28(17)18-10-4-2-5-11-18)26(32)24(30)20-14-8-9-15-21(20)27(26,33)29(22)19-12-6-3-7-13-19/h2-16,32-33H,1H3. The number of rotatable bonds is 2. The van der Waals surface area contributed by atoms with Gasteiger partial charge in [0.15, 0.2) is 0 Å². The van der Waals surface area contributed by atoms with Crippen molar-refractivity contribution in [2.24, 2.45) is 0 Å². The van der Waals surface area contributed by atoms with Gasteiger partial charge in [-0.05, 0) is 37.3 Å². The Morgan fingerprint density at radius 3 is 2.00 bits per heavy atom. The molecule has 6 nitrogen and oxygen atoms in total. The van der Waals surface area contributed by atoms with Crippen LogP contribution in [0, 0.1) is 6.92 Å². The highest BCUT2D eigenvalue weighted by Gasteiger charge is 2.72. The smallest absolute Gasteiger partial charge is 0.264 e. The van der Waals surface area contributed by atoms with E-state index in [1.54, 1.807) is 73.7 Å². The Labute approximate surface area is 189 Å². The first kappa shape index (κ1) is 19.7. The Balaban J connectivity index is 1.76. The zero-order valence-corrected chi connectivity index (χ0v) is 17.8. The number of hydrogen-bond acceptors (Lipinski definition) is 5. The van der Waals surface area contributed by atoms with Gasteiger partial charge in [0, 0.05) is 28.2 Å². The van der Waals surface area contributed by atoms with Gasteiger partial charge in [-0.15, -0.1) is 0 Å². The van der Waals surface area contributed by atoms with E-state index in [-0.39, 0.29) is 16.7 Å². The van der Waals surface area contributed by atoms with Crippen LogP contribution in [0.15, 0.2) is 95.8 Å². The number of Topliss-reactive ketones (excluding diaryl/α,β-unsaturated/α-hetero) is 1. The van der Waals surface area contributed by atoms with Crippen LogP contribution in [0.4, 0.5) is 11.4 Å². The van der Waals surface area contributed by atoms with Crippen LogP contribution in [-0.4, -0.2) is 20.6 Å². The second-order valence-electron chi connectivity index (χ2n) is 8.45. The minimum absolute atomic E-state index is 0.135. The zero-order chi connectivity index (χ0) is 23.0. The first-order valence-corrected chi connectivity index (χ1v) is 10.7. The predicted octanol–water partition coefficient (Wildman–Crippen LogP) is 3.53. The molecule has 0 bridgehead atoms. The number of aliphatic hydroxyl groups is 2. The lowest BCUT2D eigenvalue weighted by atomic mass is 9.86. The fourth-order valence-electron chi connectivity index (χ4n) is 5.31. The van der Waals surface area contributed by atoms with E-state index in [1.165, 1.54) is 9.47 Å². The van der Waals surface area contributed by atoms with Crippen LogP contribution in [0.1, 0.15) is 27.2 Å². The third kappa shape index (κ3) is 2.24. The molecule has 2 aliphatic rings. The molecule has 0 spiro atoms. The number of aryl methyl sites for hydroxylation is 1. The van der Waals surface area contributed by atoms with Crippen molar-refractivity contribution in [2.45, 2.75) is 18.2 Å². The number of benzene rings is 3. The summed E-state index contributed by atoms with van der Waals surface area (Å²) in [6, 6.07) is 26.3. The monoisotopic (exact) mass is 436 g/mol. The Kier molecular flexibility index (Phi) is 3.88. The molecule has 0 fully saturated rings. The van der Waals surface area contributed by atoms with Gasteiger partial charge in [0.25, 0.3) is 5.56 Å². The highest BCUT2D eigenvalue weighted by atomic mass is 16.4. The Hall–Kier alpha value is -4.00. The second-order valence-corrected chi connectivity index (χ2v) is 8.45. The summed E-state index contributed by atoms with van der Waals surface area (Å²) in [7, 11) is 0. The lowest BCUT2D eigenvalue weighted by Crippen LogP contribution is -2.54. The van der Waals surface area contributed by atoms with Gasteiger partial charge in [-0.1, -0.05) is 60.7 Å². The summed E-state index contributed by atoms with van der Waals surface area (Å²) in [6.45, 7) is 1.79. The molecular weight excluding hydrogens is 416 g/mol. The molecule has 162 valence electrons. The van der Waals surface area contributed by atoms with Crippen LogP contribution < -0.4 is 10.5 Å². The van der Waals surface area contributed by atoms with Crippen molar-refractivity contribution in [3.63, 3.8) is 0 Å². The van der Waals surface area contributed by atoms with Crippen LogP contribution in [0.25, 0.3) is 5.69 Å². The van der Waals surface area contributed by atoms with E-state index < -0.39 is 22.7 Å². The van der Waals surface area contributed by atoms with Gasteiger partial charge in [0.2, 0.25) is 17.1 Å². The molecule has 3 aromatic carbocycles. The van der Waals surface area contributed by atoms with E-state index in [9.17, 15) is 19.8 Å². The van der Waals surface area contributed by atoms with Gasteiger partial charge in [0.1, 0.15) is 0 Å². The minimum Gasteiger partial charge on any atom is -0.372 e. The van der Waals surface area contributed by atoms with E-state index in [2.05, 4.69) is 0 Å². The summed E-state index contributed by atoms with van der Waals surface area (Å²) in [5, 5.41) is 24.3. The van der Waals surface area contributed by atoms with Gasteiger partial charge in [-0.3, -0.25) is 14.2 Å². The van der Waals surface area contributed by atoms with E-state index >= 15 is 0 Å². The van der Waals surface area contributed by atoms with Crippen LogP contribution in [0.5, 0.6) is 0 Å². The van der Waals surface area contributed by atoms with E-state index in [0.29, 0.717) is 22.8 Å².